The van der Waals surface area contributed by atoms with Gasteiger partial charge in [0.2, 0.25) is 0 Å². The van der Waals surface area contributed by atoms with Crippen molar-refractivity contribution in [2.45, 2.75) is 33.7 Å². The number of hydrogen-bond donors (Lipinski definition) is 1. The lowest BCUT2D eigenvalue weighted by Gasteiger charge is -2.11. The first-order valence-corrected chi connectivity index (χ1v) is 6.18. The molecule has 1 aromatic rings. The Morgan fingerprint density at radius 2 is 2.29 bits per heavy atom. The second kappa shape index (κ2) is 7.85. The van der Waals surface area contributed by atoms with Crippen LogP contribution in [0.1, 0.15) is 31.5 Å². The molecule has 0 amide bonds. The zero-order valence-electron chi connectivity index (χ0n) is 11.0. The van der Waals surface area contributed by atoms with Gasteiger partial charge in [0.25, 0.3) is 0 Å². The van der Waals surface area contributed by atoms with E-state index in [-0.39, 0.29) is 0 Å². The maximum absolute atomic E-state index is 5.72. The molecule has 0 aliphatic heterocycles. The fourth-order valence-electron chi connectivity index (χ4n) is 1.46. The molecule has 1 aromatic heterocycles. The van der Waals surface area contributed by atoms with Crippen LogP contribution in [-0.2, 0) is 6.54 Å². The van der Waals surface area contributed by atoms with E-state index >= 15 is 0 Å². The van der Waals surface area contributed by atoms with Crippen molar-refractivity contribution in [2.24, 2.45) is 0 Å². The van der Waals surface area contributed by atoms with Crippen molar-refractivity contribution in [3.63, 3.8) is 0 Å². The molecule has 3 nitrogen and oxygen atoms in total. The molecule has 0 saturated carbocycles. The maximum atomic E-state index is 5.72. The second-order valence-electron chi connectivity index (χ2n) is 3.99. The van der Waals surface area contributed by atoms with E-state index in [9.17, 15) is 0 Å². The van der Waals surface area contributed by atoms with Crippen LogP contribution in [0.15, 0.2) is 24.4 Å². The third kappa shape index (κ3) is 5.00. The van der Waals surface area contributed by atoms with Crippen LogP contribution in [0, 0.1) is 6.92 Å². The first-order chi connectivity index (χ1) is 8.27. The van der Waals surface area contributed by atoms with Crippen molar-refractivity contribution in [2.75, 3.05) is 13.2 Å². The number of nitrogens with zero attached hydrogens (tertiary/aromatic N) is 1. The number of aryl methyl sites for hydroxylation is 1. The Balaban J connectivity index is 2.65. The van der Waals surface area contributed by atoms with E-state index < -0.39 is 0 Å². The average molecular weight is 234 g/mol. The van der Waals surface area contributed by atoms with Gasteiger partial charge in [0.05, 0.1) is 0 Å². The van der Waals surface area contributed by atoms with E-state index in [0.29, 0.717) is 6.61 Å². The maximum Gasteiger partial charge on any atom is 0.127 e. The van der Waals surface area contributed by atoms with Crippen LogP contribution in [0.2, 0.25) is 0 Å². The third-order valence-corrected chi connectivity index (χ3v) is 2.39. The summed E-state index contributed by atoms with van der Waals surface area (Å²) in [7, 11) is 0. The first-order valence-electron chi connectivity index (χ1n) is 6.18. The van der Waals surface area contributed by atoms with Crippen LogP contribution in [0.4, 0.5) is 0 Å². The Morgan fingerprint density at radius 3 is 3.00 bits per heavy atom. The van der Waals surface area contributed by atoms with Gasteiger partial charge < -0.3 is 10.1 Å². The zero-order chi connectivity index (χ0) is 12.5. The van der Waals surface area contributed by atoms with Gasteiger partial charge in [0.1, 0.15) is 12.4 Å². The van der Waals surface area contributed by atoms with E-state index in [2.05, 4.69) is 17.2 Å². The summed E-state index contributed by atoms with van der Waals surface area (Å²) in [6.45, 7) is 8.57. The van der Waals surface area contributed by atoms with Gasteiger partial charge >= 0.3 is 0 Å². The Labute approximate surface area is 104 Å². The molecule has 0 unspecified atom stereocenters. The summed E-state index contributed by atoms with van der Waals surface area (Å²) < 4.78 is 5.72. The molecular weight excluding hydrogens is 212 g/mol. The van der Waals surface area contributed by atoms with E-state index in [4.69, 9.17) is 4.74 Å². The van der Waals surface area contributed by atoms with Crippen molar-refractivity contribution in [3.05, 3.63) is 35.7 Å². The average Bonchev–Trinajstić information content (AvgIpc) is 2.32. The summed E-state index contributed by atoms with van der Waals surface area (Å²) in [6, 6.07) is 1.99. The van der Waals surface area contributed by atoms with Crippen molar-refractivity contribution < 1.29 is 4.74 Å². The monoisotopic (exact) mass is 234 g/mol. The predicted molar refractivity (Wildman–Crippen MR) is 71.3 cm³/mol. The van der Waals surface area contributed by atoms with E-state index in [0.717, 1.165) is 36.5 Å². The number of aromatic nitrogens is 1. The van der Waals surface area contributed by atoms with Gasteiger partial charge in [-0.3, -0.25) is 4.98 Å². The van der Waals surface area contributed by atoms with E-state index in [1.165, 1.54) is 0 Å². The van der Waals surface area contributed by atoms with Crippen molar-refractivity contribution in [3.8, 4) is 5.75 Å². The van der Waals surface area contributed by atoms with Gasteiger partial charge in [0.15, 0.2) is 0 Å². The SMILES string of the molecule is C/C=C/COc1cc(C)ncc1CNCCC. The van der Waals surface area contributed by atoms with Gasteiger partial charge in [-0.2, -0.15) is 0 Å². The summed E-state index contributed by atoms with van der Waals surface area (Å²) in [5.74, 6) is 0.930. The van der Waals surface area contributed by atoms with E-state index in [1.54, 1.807) is 0 Å². The molecule has 0 aromatic carbocycles. The molecule has 0 aliphatic rings. The summed E-state index contributed by atoms with van der Waals surface area (Å²) in [4.78, 5) is 4.31. The molecule has 0 aliphatic carbocycles. The number of ether oxygens (including phenoxy) is 1. The molecule has 0 saturated heterocycles. The van der Waals surface area contributed by atoms with Crippen LogP contribution in [0.25, 0.3) is 0 Å². The van der Waals surface area contributed by atoms with Crippen LogP contribution >= 0.6 is 0 Å². The number of hydrogen-bond acceptors (Lipinski definition) is 3. The zero-order valence-corrected chi connectivity index (χ0v) is 11.0. The van der Waals surface area contributed by atoms with Gasteiger partial charge in [-0.1, -0.05) is 19.1 Å². The Hall–Kier alpha value is -1.35. The largest absolute Gasteiger partial charge is 0.489 e. The molecule has 0 fully saturated rings. The van der Waals surface area contributed by atoms with Gasteiger partial charge in [-0.15, -0.1) is 0 Å². The summed E-state index contributed by atoms with van der Waals surface area (Å²) in [5.41, 5.74) is 2.10. The van der Waals surface area contributed by atoms with Crippen LogP contribution in [0.3, 0.4) is 0 Å². The molecule has 3 heteroatoms. The lowest BCUT2D eigenvalue weighted by atomic mass is 10.2. The molecule has 0 radical (unpaired) electrons. The first kappa shape index (κ1) is 13.7. The predicted octanol–water partition coefficient (Wildman–Crippen LogP) is 2.84. The lowest BCUT2D eigenvalue weighted by Crippen LogP contribution is -2.15. The lowest BCUT2D eigenvalue weighted by molar-refractivity contribution is 0.356. The molecule has 1 N–H and O–H groups in total. The Morgan fingerprint density at radius 1 is 1.47 bits per heavy atom. The molecular formula is C14H22N2O. The van der Waals surface area contributed by atoms with Gasteiger partial charge in [-0.25, -0.2) is 0 Å². The standard InChI is InChI=1S/C14H22N2O/c1-4-6-8-17-14-9-12(3)16-11-13(14)10-15-7-5-2/h4,6,9,11,15H,5,7-8,10H2,1-3H3/b6-4+. The number of pyridine rings is 1. The summed E-state index contributed by atoms with van der Waals surface area (Å²) >= 11 is 0. The minimum Gasteiger partial charge on any atom is -0.489 e. The van der Waals surface area contributed by atoms with Crippen molar-refractivity contribution in [1.29, 1.82) is 0 Å². The smallest absolute Gasteiger partial charge is 0.127 e. The Kier molecular flexibility index (Phi) is 6.33. The fraction of sp³-hybridized carbons (Fsp3) is 0.500. The summed E-state index contributed by atoms with van der Waals surface area (Å²) in [6.07, 6.45) is 7.01. The highest BCUT2D eigenvalue weighted by molar-refractivity contribution is 5.33. The molecule has 1 rings (SSSR count). The molecule has 0 spiro atoms. The van der Waals surface area contributed by atoms with Gasteiger partial charge in [0, 0.05) is 30.1 Å². The molecule has 0 bridgehead atoms. The van der Waals surface area contributed by atoms with Crippen molar-refractivity contribution in [1.82, 2.24) is 10.3 Å². The molecule has 0 atom stereocenters. The van der Waals surface area contributed by atoms with Crippen LogP contribution < -0.4 is 10.1 Å². The normalized spacial score (nSPS) is 11.0. The Bertz CT molecular complexity index is 361. The molecule has 94 valence electrons. The van der Waals surface area contributed by atoms with E-state index in [1.807, 2.05) is 38.3 Å². The second-order valence-corrected chi connectivity index (χ2v) is 3.99. The number of nitrogens with one attached hydrogen (secondary N) is 1. The highest BCUT2D eigenvalue weighted by Crippen LogP contribution is 2.18. The number of rotatable bonds is 7. The molecule has 17 heavy (non-hydrogen) atoms. The topological polar surface area (TPSA) is 34.1 Å². The highest BCUT2D eigenvalue weighted by Gasteiger charge is 2.04. The minimum atomic E-state index is 0.612. The van der Waals surface area contributed by atoms with Crippen LogP contribution in [-0.4, -0.2) is 18.1 Å². The molecule has 1 heterocycles. The number of allylic oxidation sites excluding steroid dienone is 1. The highest BCUT2D eigenvalue weighted by atomic mass is 16.5. The minimum absolute atomic E-state index is 0.612. The van der Waals surface area contributed by atoms with Crippen molar-refractivity contribution >= 4 is 0 Å². The fourth-order valence-corrected chi connectivity index (χ4v) is 1.46. The van der Waals surface area contributed by atoms with Gasteiger partial charge in [-0.05, 0) is 26.8 Å². The van der Waals surface area contributed by atoms with Crippen LogP contribution in [0.5, 0.6) is 5.75 Å². The quantitative estimate of drug-likeness (QED) is 0.582. The summed E-state index contributed by atoms with van der Waals surface area (Å²) in [5, 5.41) is 3.36. The third-order valence-electron chi connectivity index (χ3n) is 2.39.